The second kappa shape index (κ2) is 15.8. The number of carbonyl (C=O) groups excluding carboxylic acids is 4. The van der Waals surface area contributed by atoms with Crippen molar-refractivity contribution in [2.24, 2.45) is 0 Å². The van der Waals surface area contributed by atoms with Crippen molar-refractivity contribution < 1.29 is 33.4 Å². The average Bonchev–Trinajstić information content (AvgIpc) is 3.54. The van der Waals surface area contributed by atoms with Crippen molar-refractivity contribution in [1.29, 1.82) is 0 Å². The van der Waals surface area contributed by atoms with Crippen LogP contribution in [0.2, 0.25) is 0 Å². The molecule has 246 valence electrons. The van der Waals surface area contributed by atoms with E-state index in [0.717, 1.165) is 10.8 Å². The number of benzene rings is 4. The van der Waals surface area contributed by atoms with Crippen LogP contribution in [-0.2, 0) is 14.2 Å². The highest BCUT2D eigenvalue weighted by molar-refractivity contribution is 6.14. The first-order chi connectivity index (χ1) is 24.0. The predicted molar refractivity (Wildman–Crippen MR) is 185 cm³/mol. The van der Waals surface area contributed by atoms with Crippen molar-refractivity contribution >= 4 is 39.7 Å². The summed E-state index contributed by atoms with van der Waals surface area (Å²) in [5.74, 6) is -1.25. The molecule has 0 bridgehead atoms. The molecular weight excluding hydrogens is 620 g/mol. The molecule has 1 N–H and O–H groups in total. The molecule has 4 aromatic carbocycles. The Bertz CT molecular complexity index is 2110. The smallest absolute Gasteiger partial charge is 0.338 e. The lowest BCUT2D eigenvalue weighted by Gasteiger charge is -2.08. The molecule has 0 aliphatic rings. The maximum Gasteiger partial charge on any atom is 0.338 e. The fourth-order valence-electron chi connectivity index (χ4n) is 5.44. The molecule has 9 nitrogen and oxygen atoms in total. The van der Waals surface area contributed by atoms with Crippen molar-refractivity contribution in [1.82, 2.24) is 9.72 Å². The van der Waals surface area contributed by atoms with Gasteiger partial charge in [-0.1, -0.05) is 84.9 Å². The summed E-state index contributed by atoms with van der Waals surface area (Å²) in [6, 6.07) is 35.8. The zero-order valence-electron chi connectivity index (χ0n) is 26.7. The first kappa shape index (κ1) is 33.0. The van der Waals surface area contributed by atoms with E-state index in [9.17, 15) is 19.2 Å². The van der Waals surface area contributed by atoms with Crippen LogP contribution in [0.5, 0.6) is 0 Å². The minimum Gasteiger partial charge on any atom is -0.460 e. The number of rotatable bonds is 15. The van der Waals surface area contributed by atoms with Crippen LogP contribution in [0.25, 0.3) is 16.3 Å². The van der Waals surface area contributed by atoms with E-state index in [1.807, 2.05) is 48.5 Å². The molecule has 0 aliphatic carbocycles. The Morgan fingerprint density at radius 2 is 1.18 bits per heavy atom. The number of amides is 1. The standard InChI is InChI=1S/C40H34N2O7/c43-37(29-10-3-1-4-11-29)33-17-19-42-35(26-33)34(27-36(42)38(44)32-16-15-28-9-7-8-14-31(28)25-32)39(45)41-18-20-47-21-22-48-23-24-49-40(46)30-12-5-2-6-13-30/h1-17,19,25-27H,18,20-24H2,(H,41,45). The predicted octanol–water partition coefficient (Wildman–Crippen LogP) is 6.17. The van der Waals surface area contributed by atoms with E-state index in [0.29, 0.717) is 40.1 Å². The molecule has 0 atom stereocenters. The number of carbonyl (C=O) groups is 4. The highest BCUT2D eigenvalue weighted by atomic mass is 16.6. The number of pyridine rings is 1. The van der Waals surface area contributed by atoms with Crippen molar-refractivity contribution in [3.8, 4) is 0 Å². The zero-order chi connectivity index (χ0) is 34.0. The molecule has 0 saturated carbocycles. The van der Waals surface area contributed by atoms with Crippen LogP contribution in [0.1, 0.15) is 52.7 Å². The molecule has 0 spiro atoms. The second-order valence-electron chi connectivity index (χ2n) is 11.2. The topological polar surface area (TPSA) is 112 Å². The van der Waals surface area contributed by atoms with E-state index in [1.54, 1.807) is 83.4 Å². The number of nitrogens with zero attached hydrogens (tertiary/aromatic N) is 1. The number of ketones is 2. The van der Waals surface area contributed by atoms with Gasteiger partial charge in [0.2, 0.25) is 5.78 Å². The average molecular weight is 655 g/mol. The molecule has 0 unspecified atom stereocenters. The van der Waals surface area contributed by atoms with E-state index in [2.05, 4.69) is 5.32 Å². The fourth-order valence-corrected chi connectivity index (χ4v) is 5.44. The van der Waals surface area contributed by atoms with E-state index in [4.69, 9.17) is 14.2 Å². The number of hydrogen-bond donors (Lipinski definition) is 1. The first-order valence-corrected chi connectivity index (χ1v) is 15.9. The summed E-state index contributed by atoms with van der Waals surface area (Å²) >= 11 is 0. The molecule has 0 saturated heterocycles. The van der Waals surface area contributed by atoms with Crippen molar-refractivity contribution in [2.75, 3.05) is 39.6 Å². The van der Waals surface area contributed by atoms with Crippen LogP contribution in [0.3, 0.4) is 0 Å². The van der Waals surface area contributed by atoms with E-state index >= 15 is 0 Å². The fraction of sp³-hybridized carbons (Fsp3) is 0.150. The largest absolute Gasteiger partial charge is 0.460 e. The maximum absolute atomic E-state index is 13.8. The Kier molecular flexibility index (Phi) is 10.6. The number of hydrogen-bond acceptors (Lipinski definition) is 7. The normalized spacial score (nSPS) is 11.0. The van der Waals surface area contributed by atoms with Crippen molar-refractivity contribution in [2.45, 2.75) is 0 Å². The van der Waals surface area contributed by atoms with Crippen LogP contribution in [0.4, 0.5) is 0 Å². The molecule has 2 heterocycles. The van der Waals surface area contributed by atoms with Crippen molar-refractivity contribution in [3.05, 3.63) is 161 Å². The third kappa shape index (κ3) is 7.98. The maximum atomic E-state index is 13.8. The Balaban J connectivity index is 1.09. The molecule has 0 aliphatic heterocycles. The van der Waals surface area contributed by atoms with Crippen molar-refractivity contribution in [3.63, 3.8) is 0 Å². The quantitative estimate of drug-likeness (QED) is 0.0800. The van der Waals surface area contributed by atoms with Gasteiger partial charge in [-0.15, -0.1) is 0 Å². The minimum absolute atomic E-state index is 0.124. The Morgan fingerprint density at radius 1 is 0.551 bits per heavy atom. The monoisotopic (exact) mass is 654 g/mol. The van der Waals surface area contributed by atoms with Crippen LogP contribution in [0, 0.1) is 0 Å². The van der Waals surface area contributed by atoms with Gasteiger partial charge in [0.25, 0.3) is 5.91 Å². The Morgan fingerprint density at radius 3 is 1.94 bits per heavy atom. The molecule has 49 heavy (non-hydrogen) atoms. The van der Waals surface area contributed by atoms with Crippen LogP contribution in [-0.4, -0.2) is 67.4 Å². The zero-order valence-corrected chi connectivity index (χ0v) is 26.7. The van der Waals surface area contributed by atoms with E-state index < -0.39 is 11.9 Å². The Labute approximate surface area is 283 Å². The lowest BCUT2D eigenvalue weighted by molar-refractivity contribution is 0.0150. The minimum atomic E-state index is -0.406. The van der Waals surface area contributed by atoms with Gasteiger partial charge in [-0.25, -0.2) is 4.79 Å². The van der Waals surface area contributed by atoms with Gasteiger partial charge in [0, 0.05) is 29.4 Å². The van der Waals surface area contributed by atoms with Gasteiger partial charge < -0.3 is 23.9 Å². The summed E-state index contributed by atoms with van der Waals surface area (Å²) in [7, 11) is 0. The summed E-state index contributed by atoms with van der Waals surface area (Å²) in [6.07, 6.45) is 1.66. The molecule has 6 rings (SSSR count). The van der Waals surface area contributed by atoms with Gasteiger partial charge >= 0.3 is 5.97 Å². The lowest BCUT2D eigenvalue weighted by Crippen LogP contribution is -2.27. The first-order valence-electron chi connectivity index (χ1n) is 15.9. The summed E-state index contributed by atoms with van der Waals surface area (Å²) in [6.45, 7) is 1.37. The second-order valence-corrected chi connectivity index (χ2v) is 11.2. The SMILES string of the molecule is O=C(OCCOCCOCCNC(=O)c1cc(C(=O)c2ccc3ccccc3c2)n2ccc(C(=O)c3ccccc3)cc12)c1ccccc1. The van der Waals surface area contributed by atoms with Crippen LogP contribution >= 0.6 is 0 Å². The summed E-state index contributed by atoms with van der Waals surface area (Å²) in [4.78, 5) is 52.5. The van der Waals surface area contributed by atoms with Crippen LogP contribution < -0.4 is 5.32 Å². The Hall–Kier alpha value is -5.90. The van der Waals surface area contributed by atoms with Gasteiger partial charge in [-0.3, -0.25) is 14.4 Å². The van der Waals surface area contributed by atoms with Gasteiger partial charge in [-0.05, 0) is 47.2 Å². The summed E-state index contributed by atoms with van der Waals surface area (Å²) in [5.41, 5.74) is 2.89. The summed E-state index contributed by atoms with van der Waals surface area (Å²) < 4.78 is 17.9. The highest BCUT2D eigenvalue weighted by Crippen LogP contribution is 2.24. The molecular formula is C40H34N2O7. The van der Waals surface area contributed by atoms with Gasteiger partial charge in [0.15, 0.2) is 5.78 Å². The van der Waals surface area contributed by atoms with Crippen LogP contribution in [0.15, 0.2) is 128 Å². The van der Waals surface area contributed by atoms with E-state index in [1.165, 1.54) is 0 Å². The third-order valence-corrected chi connectivity index (χ3v) is 7.93. The van der Waals surface area contributed by atoms with Gasteiger partial charge in [-0.2, -0.15) is 0 Å². The number of ether oxygens (including phenoxy) is 3. The molecule has 2 aromatic heterocycles. The van der Waals surface area contributed by atoms with Gasteiger partial charge in [0.1, 0.15) is 6.61 Å². The summed E-state index contributed by atoms with van der Waals surface area (Å²) in [5, 5.41) is 4.80. The molecule has 9 heteroatoms. The number of aromatic nitrogens is 1. The number of fused-ring (bicyclic) bond motifs is 2. The molecule has 0 fully saturated rings. The van der Waals surface area contributed by atoms with E-state index in [-0.39, 0.29) is 50.1 Å². The number of nitrogens with one attached hydrogen (secondary N) is 1. The lowest BCUT2D eigenvalue weighted by atomic mass is 10.0. The molecule has 6 aromatic rings. The molecule has 0 radical (unpaired) electrons. The highest BCUT2D eigenvalue weighted by Gasteiger charge is 2.22. The third-order valence-electron chi connectivity index (χ3n) is 7.93. The van der Waals surface area contributed by atoms with Gasteiger partial charge in [0.05, 0.1) is 48.8 Å². The number of esters is 1. The molecule has 1 amide bonds.